The van der Waals surface area contributed by atoms with E-state index < -0.39 is 0 Å². The summed E-state index contributed by atoms with van der Waals surface area (Å²) in [7, 11) is 5.53. The molecule has 3 aromatic heterocycles. The fourth-order valence-corrected chi connectivity index (χ4v) is 3.60. The molecule has 146 valence electrons. The monoisotopic (exact) mass is 381 g/mol. The fourth-order valence-electron chi connectivity index (χ4n) is 3.60. The molecule has 4 rings (SSSR count). The third-order valence-corrected chi connectivity index (χ3v) is 5.17. The van der Waals surface area contributed by atoms with Gasteiger partial charge in [0, 0.05) is 58.2 Å². The van der Waals surface area contributed by atoms with Crippen LogP contribution in [0, 0.1) is 0 Å². The summed E-state index contributed by atoms with van der Waals surface area (Å²) in [5.74, 6) is 0.760. The summed E-state index contributed by atoms with van der Waals surface area (Å²) in [6.07, 6.45) is 6.47. The highest BCUT2D eigenvalue weighted by atomic mass is 16.2. The van der Waals surface area contributed by atoms with Gasteiger partial charge in [0.2, 0.25) is 5.95 Å². The van der Waals surface area contributed by atoms with Crippen molar-refractivity contribution in [1.29, 1.82) is 0 Å². The lowest BCUT2D eigenvalue weighted by atomic mass is 9.92. The number of hydrogen-bond acceptors (Lipinski definition) is 6. The van der Waals surface area contributed by atoms with Crippen LogP contribution in [0.25, 0.3) is 10.9 Å². The number of anilines is 1. The Labute approximate surface area is 162 Å². The Bertz CT molecular complexity index is 1080. The highest BCUT2D eigenvalue weighted by Gasteiger charge is 2.26. The van der Waals surface area contributed by atoms with Crippen LogP contribution in [0.2, 0.25) is 0 Å². The van der Waals surface area contributed by atoms with Gasteiger partial charge in [0.05, 0.1) is 22.7 Å². The molecule has 9 nitrogen and oxygen atoms in total. The number of piperidine rings is 1. The van der Waals surface area contributed by atoms with Gasteiger partial charge in [0.1, 0.15) is 0 Å². The van der Waals surface area contributed by atoms with E-state index in [1.54, 1.807) is 30.3 Å². The van der Waals surface area contributed by atoms with Gasteiger partial charge >= 0.3 is 0 Å². The molecule has 1 N–H and O–H groups in total. The average Bonchev–Trinajstić information content (AvgIpc) is 3.13. The van der Waals surface area contributed by atoms with Crippen molar-refractivity contribution in [2.24, 2.45) is 7.05 Å². The predicted octanol–water partition coefficient (Wildman–Crippen LogP) is 1.14. The molecule has 3 aromatic rings. The van der Waals surface area contributed by atoms with Crippen LogP contribution in [0.3, 0.4) is 0 Å². The lowest BCUT2D eigenvalue weighted by molar-refractivity contribution is 0.0712. The number of H-pyrrole nitrogens is 1. The molecule has 0 unspecified atom stereocenters. The summed E-state index contributed by atoms with van der Waals surface area (Å²) in [6, 6.07) is 1.94. The number of fused-ring (bicyclic) bond motifs is 1. The molecule has 0 aromatic carbocycles. The zero-order valence-electron chi connectivity index (χ0n) is 16.2. The van der Waals surface area contributed by atoms with Gasteiger partial charge in [-0.1, -0.05) is 0 Å². The van der Waals surface area contributed by atoms with Crippen LogP contribution in [0.15, 0.2) is 29.5 Å². The van der Waals surface area contributed by atoms with E-state index in [1.165, 1.54) is 0 Å². The SMILES string of the molecule is CN(C)c1ncc2c(=O)[nH]c(C3CCN(C(=O)c4cnn(C)c4)CC3)cc2n1. The van der Waals surface area contributed by atoms with E-state index in [2.05, 4.69) is 20.1 Å². The van der Waals surface area contributed by atoms with Crippen LogP contribution in [0.5, 0.6) is 0 Å². The maximum absolute atomic E-state index is 12.6. The quantitative estimate of drug-likeness (QED) is 0.730. The number of amides is 1. The molecule has 0 spiro atoms. The highest BCUT2D eigenvalue weighted by Crippen LogP contribution is 2.28. The van der Waals surface area contributed by atoms with Crippen molar-refractivity contribution in [2.45, 2.75) is 18.8 Å². The van der Waals surface area contributed by atoms with Crippen LogP contribution >= 0.6 is 0 Å². The summed E-state index contributed by atoms with van der Waals surface area (Å²) < 4.78 is 1.63. The molecule has 0 radical (unpaired) electrons. The second kappa shape index (κ2) is 7.06. The first kappa shape index (κ1) is 18.1. The van der Waals surface area contributed by atoms with Gasteiger partial charge in [-0.25, -0.2) is 9.97 Å². The number of aryl methyl sites for hydroxylation is 1. The minimum Gasteiger partial charge on any atom is -0.347 e. The number of carbonyl (C=O) groups excluding carboxylic acids is 1. The van der Waals surface area contributed by atoms with E-state index >= 15 is 0 Å². The van der Waals surface area contributed by atoms with Gasteiger partial charge < -0.3 is 14.8 Å². The average molecular weight is 381 g/mol. The molecular formula is C19H23N7O2. The lowest BCUT2D eigenvalue weighted by Crippen LogP contribution is -2.38. The number of carbonyl (C=O) groups is 1. The maximum Gasteiger partial charge on any atom is 0.259 e. The molecule has 0 atom stereocenters. The lowest BCUT2D eigenvalue weighted by Gasteiger charge is -2.31. The molecule has 9 heteroatoms. The second-order valence-corrected chi connectivity index (χ2v) is 7.39. The topological polar surface area (TPSA) is 100 Å². The molecular weight excluding hydrogens is 358 g/mol. The standard InChI is InChI=1S/C19H23N7O2/c1-24(2)19-20-10-14-16(23-19)8-15(22-17(14)27)12-4-6-26(7-5-12)18(28)13-9-21-25(3)11-13/h8-12H,4-7H2,1-3H3,(H,22,27). The van der Waals surface area contributed by atoms with Gasteiger partial charge in [-0.15, -0.1) is 0 Å². The van der Waals surface area contributed by atoms with Crippen LogP contribution < -0.4 is 10.5 Å². The van der Waals surface area contributed by atoms with Crippen molar-refractivity contribution < 1.29 is 4.79 Å². The zero-order valence-corrected chi connectivity index (χ0v) is 16.2. The molecule has 1 aliphatic rings. The summed E-state index contributed by atoms with van der Waals surface area (Å²) >= 11 is 0. The number of likely N-dealkylation sites (tertiary alicyclic amines) is 1. The van der Waals surface area contributed by atoms with Crippen molar-refractivity contribution in [1.82, 2.24) is 29.6 Å². The van der Waals surface area contributed by atoms with Crippen molar-refractivity contribution in [2.75, 3.05) is 32.1 Å². The smallest absolute Gasteiger partial charge is 0.259 e. The molecule has 0 aliphatic carbocycles. The third-order valence-electron chi connectivity index (χ3n) is 5.17. The maximum atomic E-state index is 12.6. The van der Waals surface area contributed by atoms with Crippen LogP contribution in [0.4, 0.5) is 5.95 Å². The van der Waals surface area contributed by atoms with E-state index in [-0.39, 0.29) is 17.4 Å². The van der Waals surface area contributed by atoms with Gasteiger partial charge in [-0.3, -0.25) is 14.3 Å². The van der Waals surface area contributed by atoms with Gasteiger partial charge in [-0.2, -0.15) is 5.10 Å². The van der Waals surface area contributed by atoms with Crippen molar-refractivity contribution in [3.8, 4) is 0 Å². The van der Waals surface area contributed by atoms with Crippen molar-refractivity contribution in [3.05, 3.63) is 46.3 Å². The Morgan fingerprint density at radius 2 is 2.00 bits per heavy atom. The summed E-state index contributed by atoms with van der Waals surface area (Å²) in [6.45, 7) is 1.29. The third kappa shape index (κ3) is 3.35. The number of aromatic nitrogens is 5. The fraction of sp³-hybridized carbons (Fsp3) is 0.421. The number of pyridine rings is 1. The van der Waals surface area contributed by atoms with E-state index in [4.69, 9.17) is 0 Å². The summed E-state index contributed by atoms with van der Waals surface area (Å²) in [5, 5.41) is 4.55. The number of aromatic amines is 1. The first-order chi connectivity index (χ1) is 13.4. The zero-order chi connectivity index (χ0) is 19.8. The molecule has 0 bridgehead atoms. The number of nitrogens with one attached hydrogen (secondary N) is 1. The van der Waals surface area contributed by atoms with E-state index in [0.29, 0.717) is 35.5 Å². The van der Waals surface area contributed by atoms with Crippen LogP contribution in [0.1, 0.15) is 34.8 Å². The molecule has 28 heavy (non-hydrogen) atoms. The molecule has 1 aliphatic heterocycles. The Hall–Kier alpha value is -3.23. The van der Waals surface area contributed by atoms with Crippen LogP contribution in [-0.2, 0) is 7.05 Å². The highest BCUT2D eigenvalue weighted by molar-refractivity contribution is 5.93. The second-order valence-electron chi connectivity index (χ2n) is 7.39. The number of hydrogen-bond donors (Lipinski definition) is 1. The summed E-state index contributed by atoms with van der Waals surface area (Å²) in [4.78, 5) is 40.4. The number of rotatable bonds is 3. The minimum atomic E-state index is -0.174. The van der Waals surface area contributed by atoms with E-state index in [1.807, 2.05) is 30.0 Å². The van der Waals surface area contributed by atoms with E-state index in [9.17, 15) is 9.59 Å². The van der Waals surface area contributed by atoms with Gasteiger partial charge in [0.25, 0.3) is 11.5 Å². The normalized spacial score (nSPS) is 15.2. The Morgan fingerprint density at radius 1 is 1.25 bits per heavy atom. The molecule has 1 amide bonds. The number of nitrogens with zero attached hydrogens (tertiary/aromatic N) is 6. The Kier molecular flexibility index (Phi) is 4.58. The Balaban J connectivity index is 1.53. The van der Waals surface area contributed by atoms with Crippen LogP contribution in [-0.4, -0.2) is 62.7 Å². The molecule has 1 saturated heterocycles. The van der Waals surface area contributed by atoms with Crippen molar-refractivity contribution in [3.63, 3.8) is 0 Å². The van der Waals surface area contributed by atoms with E-state index in [0.717, 1.165) is 18.5 Å². The van der Waals surface area contributed by atoms with Gasteiger partial charge in [0.15, 0.2) is 0 Å². The van der Waals surface area contributed by atoms with Gasteiger partial charge in [-0.05, 0) is 18.9 Å². The van der Waals surface area contributed by atoms with Crippen molar-refractivity contribution >= 4 is 22.8 Å². The largest absolute Gasteiger partial charge is 0.347 e. The molecule has 1 fully saturated rings. The molecule has 4 heterocycles. The first-order valence-electron chi connectivity index (χ1n) is 9.27. The summed E-state index contributed by atoms with van der Waals surface area (Å²) in [5.41, 5.74) is 1.94. The minimum absolute atomic E-state index is 0.00178. The Morgan fingerprint density at radius 3 is 2.64 bits per heavy atom. The first-order valence-corrected chi connectivity index (χ1v) is 9.27. The predicted molar refractivity (Wildman–Crippen MR) is 106 cm³/mol. The molecule has 0 saturated carbocycles.